The molecule has 7 rings (SSSR count). The summed E-state index contributed by atoms with van der Waals surface area (Å²) in [6.07, 6.45) is 10.3. The van der Waals surface area contributed by atoms with Gasteiger partial charge >= 0.3 is 12.1 Å². The number of aryl methyl sites for hydroxylation is 2. The molecular formula is C42H52N8O5S2. The van der Waals surface area contributed by atoms with Crippen LogP contribution in [0.4, 0.5) is 31.2 Å². The fourth-order valence-corrected chi connectivity index (χ4v) is 9.72. The van der Waals surface area contributed by atoms with Gasteiger partial charge in [0.15, 0.2) is 21.8 Å². The summed E-state index contributed by atoms with van der Waals surface area (Å²) in [5.41, 5.74) is 2.80. The van der Waals surface area contributed by atoms with Crippen molar-refractivity contribution in [2.24, 2.45) is 11.8 Å². The fraction of sp³-hybridized carbons (Fsp3) is 0.476. The molecule has 2 aliphatic carbocycles. The van der Waals surface area contributed by atoms with Crippen LogP contribution in [0.1, 0.15) is 93.0 Å². The van der Waals surface area contributed by atoms with Gasteiger partial charge in [0.05, 0.1) is 24.6 Å². The molecule has 0 radical (unpaired) electrons. The van der Waals surface area contributed by atoms with E-state index in [0.29, 0.717) is 47.7 Å². The van der Waals surface area contributed by atoms with Crippen molar-refractivity contribution in [3.05, 3.63) is 80.8 Å². The minimum atomic E-state index is -0.716. The zero-order valence-corrected chi connectivity index (χ0v) is 34.8. The Morgan fingerprint density at radius 1 is 0.719 bits per heavy atom. The molecule has 2 N–H and O–H groups in total. The van der Waals surface area contributed by atoms with Crippen LogP contribution in [0, 0.1) is 25.7 Å². The molecule has 302 valence electrons. The Hall–Kier alpha value is -4.54. The van der Waals surface area contributed by atoms with Gasteiger partial charge in [-0.1, -0.05) is 48.9 Å². The van der Waals surface area contributed by atoms with Gasteiger partial charge in [0.1, 0.15) is 0 Å². The van der Waals surface area contributed by atoms with E-state index in [1.807, 2.05) is 45.0 Å². The number of hydrogen-bond acceptors (Lipinski definition) is 11. The first-order valence-corrected chi connectivity index (χ1v) is 21.5. The van der Waals surface area contributed by atoms with Gasteiger partial charge in [-0.2, -0.15) is 10.0 Å². The maximum Gasteiger partial charge on any atom is 0.347 e. The quantitative estimate of drug-likeness (QED) is 0.106. The number of thiazole rings is 2. The van der Waals surface area contributed by atoms with E-state index < -0.39 is 12.1 Å². The summed E-state index contributed by atoms with van der Waals surface area (Å²) in [5.74, 6) is -0.565. The Balaban J connectivity index is 1.35. The highest BCUT2D eigenvalue weighted by Gasteiger charge is 2.38. The predicted octanol–water partition coefficient (Wildman–Crippen LogP) is 8.55. The van der Waals surface area contributed by atoms with Crippen molar-refractivity contribution in [1.82, 2.24) is 19.8 Å². The summed E-state index contributed by atoms with van der Waals surface area (Å²) in [6.45, 7) is 8.02. The summed E-state index contributed by atoms with van der Waals surface area (Å²) in [6, 6.07) is 9.25. The number of morpholine rings is 1. The van der Waals surface area contributed by atoms with Crippen molar-refractivity contribution in [2.75, 3.05) is 61.1 Å². The fourth-order valence-electron chi connectivity index (χ4n) is 7.95. The number of hydrogen-bond donors (Lipinski definition) is 2. The molecule has 1 saturated heterocycles. The van der Waals surface area contributed by atoms with Crippen molar-refractivity contribution in [3.63, 3.8) is 0 Å². The van der Waals surface area contributed by atoms with Gasteiger partial charge < -0.3 is 9.64 Å². The second-order valence-corrected chi connectivity index (χ2v) is 17.8. The first-order chi connectivity index (χ1) is 27.5. The largest absolute Gasteiger partial charge is 0.379 e. The normalized spacial score (nSPS) is 16.6. The molecule has 57 heavy (non-hydrogen) atoms. The lowest BCUT2D eigenvalue weighted by Gasteiger charge is -2.36. The van der Waals surface area contributed by atoms with Gasteiger partial charge in [-0.3, -0.25) is 25.1 Å². The molecule has 4 aromatic rings. The van der Waals surface area contributed by atoms with Gasteiger partial charge in [-0.25, -0.2) is 19.6 Å². The predicted molar refractivity (Wildman–Crippen MR) is 226 cm³/mol. The molecule has 3 aliphatic rings. The Labute approximate surface area is 342 Å². The Bertz CT molecular complexity index is 2080. The van der Waals surface area contributed by atoms with Gasteiger partial charge in [0, 0.05) is 71.3 Å². The lowest BCUT2D eigenvalue weighted by molar-refractivity contribution is 0.0346. The van der Waals surface area contributed by atoms with E-state index >= 15 is 9.59 Å². The number of carbonyl (C=O) groups excluding carboxylic acids is 4. The lowest BCUT2D eigenvalue weighted by atomic mass is 9.93. The van der Waals surface area contributed by atoms with Crippen LogP contribution in [0.5, 0.6) is 0 Å². The van der Waals surface area contributed by atoms with Crippen LogP contribution in [0.15, 0.2) is 48.8 Å². The monoisotopic (exact) mass is 812 g/mol. The first kappa shape index (κ1) is 40.6. The maximum atomic E-state index is 15.1. The second-order valence-electron chi connectivity index (χ2n) is 15.6. The number of ether oxygens (including phenoxy) is 1. The highest BCUT2D eigenvalue weighted by atomic mass is 32.1. The number of amides is 4. The van der Waals surface area contributed by atoms with Crippen molar-refractivity contribution in [1.29, 1.82) is 0 Å². The molecule has 2 aromatic heterocycles. The van der Waals surface area contributed by atoms with Gasteiger partial charge in [-0.05, 0) is 77.9 Å². The topological polar surface area (TPSA) is 140 Å². The molecular weight excluding hydrogens is 761 g/mol. The SMILES string of the molecule is Cc1ccc(N(C(=O)Nc2ncc(CN(C)C)s2)N(C(=O)Nc2ncc(CN3CCOCC3)s2)c2ccc(C)cc2C(=O)C2CCCC2)c(C(=O)C2CCCC2)c1. The van der Waals surface area contributed by atoms with Gasteiger partial charge in [0.2, 0.25) is 0 Å². The second kappa shape index (κ2) is 18.4. The van der Waals surface area contributed by atoms with Crippen LogP contribution < -0.4 is 20.7 Å². The number of nitrogens with zero attached hydrogens (tertiary/aromatic N) is 6. The van der Waals surface area contributed by atoms with E-state index in [1.54, 1.807) is 36.7 Å². The summed E-state index contributed by atoms with van der Waals surface area (Å²) < 4.78 is 5.52. The van der Waals surface area contributed by atoms with Crippen LogP contribution in [0.25, 0.3) is 0 Å². The molecule has 13 nitrogen and oxygen atoms in total. The number of Topliss-reactive ketones (excluding diaryl/α,β-unsaturated/α-hetero) is 2. The zero-order valence-electron chi connectivity index (χ0n) is 33.2. The lowest BCUT2D eigenvalue weighted by Crippen LogP contribution is -2.55. The molecule has 0 atom stereocenters. The van der Waals surface area contributed by atoms with E-state index in [2.05, 4.69) is 25.5 Å². The Morgan fingerprint density at radius 2 is 1.18 bits per heavy atom. The average Bonchev–Trinajstić information content (AvgIpc) is 4.04. The number of hydrazine groups is 1. The minimum Gasteiger partial charge on any atom is -0.379 e. The number of nitrogens with one attached hydrogen (secondary N) is 2. The van der Waals surface area contributed by atoms with E-state index in [1.165, 1.54) is 32.7 Å². The highest BCUT2D eigenvalue weighted by Crippen LogP contribution is 2.38. The number of ketones is 2. The number of anilines is 4. The van der Waals surface area contributed by atoms with Crippen molar-refractivity contribution in [2.45, 2.75) is 78.3 Å². The van der Waals surface area contributed by atoms with Crippen LogP contribution in [-0.2, 0) is 17.8 Å². The van der Waals surface area contributed by atoms with Crippen LogP contribution >= 0.6 is 22.7 Å². The molecule has 0 spiro atoms. The van der Waals surface area contributed by atoms with Gasteiger partial charge in [-0.15, -0.1) is 22.7 Å². The van der Waals surface area contributed by atoms with E-state index in [4.69, 9.17) is 4.74 Å². The van der Waals surface area contributed by atoms with E-state index in [9.17, 15) is 9.59 Å². The molecule has 3 fully saturated rings. The maximum absolute atomic E-state index is 15.1. The molecule has 2 saturated carbocycles. The van der Waals surface area contributed by atoms with E-state index in [-0.39, 0.29) is 34.8 Å². The van der Waals surface area contributed by atoms with Gasteiger partial charge in [0.25, 0.3) is 0 Å². The standard InChI is InChI=1S/C42H52N8O5S2/c1-27-13-15-35(33(21-27)37(51)29-9-5-6-10-29)49(41(53)45-39-43-23-31(56-39)25-47(3)4)50(36-16-14-28(2)22-34(36)38(52)30-11-7-8-12-30)42(54)46-40-44-24-32(57-40)26-48-17-19-55-20-18-48/h13-16,21-24,29-30H,5-12,17-20,25-26H2,1-4H3,(H,43,45,53)(H,44,46,54). The van der Waals surface area contributed by atoms with Crippen LogP contribution in [-0.4, -0.2) is 83.8 Å². The first-order valence-electron chi connectivity index (χ1n) is 19.9. The summed E-state index contributed by atoms with van der Waals surface area (Å²) in [5, 5.41) is 9.01. The molecule has 3 heterocycles. The number of benzene rings is 2. The van der Waals surface area contributed by atoms with Crippen molar-refractivity contribution in [3.8, 4) is 0 Å². The third-order valence-electron chi connectivity index (χ3n) is 10.8. The third-order valence-corrected chi connectivity index (χ3v) is 12.6. The number of aromatic nitrogens is 2. The highest BCUT2D eigenvalue weighted by molar-refractivity contribution is 7.16. The van der Waals surface area contributed by atoms with E-state index in [0.717, 1.165) is 85.3 Å². The van der Waals surface area contributed by atoms with Crippen LogP contribution in [0.3, 0.4) is 0 Å². The number of carbonyl (C=O) groups is 4. The Kier molecular flexibility index (Phi) is 13.1. The smallest absolute Gasteiger partial charge is 0.347 e. The average molecular weight is 813 g/mol. The minimum absolute atomic E-state index is 0.0779. The summed E-state index contributed by atoms with van der Waals surface area (Å²) >= 11 is 2.68. The molecule has 15 heteroatoms. The molecule has 0 unspecified atom stereocenters. The zero-order chi connectivity index (χ0) is 40.1. The van der Waals surface area contributed by atoms with Crippen molar-refractivity contribution < 1.29 is 23.9 Å². The summed E-state index contributed by atoms with van der Waals surface area (Å²) in [7, 11) is 3.91. The molecule has 2 aromatic carbocycles. The Morgan fingerprint density at radius 3 is 1.65 bits per heavy atom. The molecule has 0 bridgehead atoms. The number of rotatable bonds is 12. The van der Waals surface area contributed by atoms with Crippen LogP contribution in [0.2, 0.25) is 0 Å². The number of urea groups is 2. The molecule has 4 amide bonds. The molecule has 1 aliphatic heterocycles. The summed E-state index contributed by atoms with van der Waals surface area (Å²) in [4.78, 5) is 74.3. The van der Waals surface area contributed by atoms with Crippen molar-refractivity contribution >= 4 is 67.9 Å². The third kappa shape index (κ3) is 9.78.